The van der Waals surface area contributed by atoms with Gasteiger partial charge in [-0.15, -0.1) is 5.10 Å². The van der Waals surface area contributed by atoms with Crippen LogP contribution in [0, 0.1) is 0 Å². The van der Waals surface area contributed by atoms with Crippen LogP contribution in [-0.2, 0) is 11.3 Å². The van der Waals surface area contributed by atoms with Crippen molar-refractivity contribution in [2.75, 3.05) is 12.0 Å². The summed E-state index contributed by atoms with van der Waals surface area (Å²) in [4.78, 5) is 10.5. The summed E-state index contributed by atoms with van der Waals surface area (Å²) in [6, 6.07) is 0. The average molecular weight is 230 g/mol. The maximum Gasteiger partial charge on any atom is 0.325 e. The Hall–Kier alpha value is -1.11. The molecule has 0 radical (unpaired) electrons. The summed E-state index contributed by atoms with van der Waals surface area (Å²) in [5.41, 5.74) is 0. The maximum atomic E-state index is 10.5. The number of carboxylic acid groups (broad SMARTS) is 1. The first-order valence-electron chi connectivity index (χ1n) is 4.62. The minimum atomic E-state index is -0.930. The standard InChI is InChI=1S/C8H14N4O2S/c1-6(3-4-15-2)8-9-10-11-12(8)5-7(13)14/h6H,3-5H2,1-2H3,(H,13,14)/t6-/m0/s1. The molecular weight excluding hydrogens is 216 g/mol. The second kappa shape index (κ2) is 5.69. The van der Waals surface area contributed by atoms with E-state index in [1.165, 1.54) is 4.68 Å². The van der Waals surface area contributed by atoms with Crippen LogP contribution in [0.25, 0.3) is 0 Å². The van der Waals surface area contributed by atoms with Crippen molar-refractivity contribution in [2.24, 2.45) is 0 Å². The SMILES string of the molecule is CSCC[C@H](C)c1nnnn1CC(=O)O. The Morgan fingerprint density at radius 1 is 1.67 bits per heavy atom. The Morgan fingerprint density at radius 3 is 3.00 bits per heavy atom. The van der Waals surface area contributed by atoms with Crippen LogP contribution in [0.15, 0.2) is 0 Å². The van der Waals surface area contributed by atoms with Gasteiger partial charge in [0.1, 0.15) is 6.54 Å². The van der Waals surface area contributed by atoms with Crippen molar-refractivity contribution in [3.05, 3.63) is 5.82 Å². The molecule has 1 N–H and O–H groups in total. The van der Waals surface area contributed by atoms with Gasteiger partial charge in [0.25, 0.3) is 0 Å². The van der Waals surface area contributed by atoms with Crippen molar-refractivity contribution < 1.29 is 9.90 Å². The summed E-state index contributed by atoms with van der Waals surface area (Å²) in [5, 5.41) is 19.6. The quantitative estimate of drug-likeness (QED) is 0.771. The first-order valence-corrected chi connectivity index (χ1v) is 6.01. The number of aromatic nitrogens is 4. The van der Waals surface area contributed by atoms with E-state index in [0.717, 1.165) is 12.2 Å². The van der Waals surface area contributed by atoms with Crippen LogP contribution in [-0.4, -0.2) is 43.3 Å². The molecular formula is C8H14N4O2S. The normalized spacial score (nSPS) is 12.7. The Labute approximate surface area is 92.0 Å². The molecule has 0 aliphatic heterocycles. The fourth-order valence-corrected chi connectivity index (χ4v) is 1.82. The predicted octanol–water partition coefficient (Wildman–Crippen LogP) is 0.614. The van der Waals surface area contributed by atoms with E-state index in [1.807, 2.05) is 13.2 Å². The number of aliphatic carboxylic acids is 1. The van der Waals surface area contributed by atoms with Gasteiger partial charge < -0.3 is 5.11 Å². The topological polar surface area (TPSA) is 80.9 Å². The third-order valence-corrected chi connectivity index (χ3v) is 2.68. The molecule has 84 valence electrons. The Kier molecular flexibility index (Phi) is 4.54. The molecule has 1 aromatic rings. The summed E-state index contributed by atoms with van der Waals surface area (Å²) in [6.07, 6.45) is 2.98. The van der Waals surface area contributed by atoms with Crippen LogP contribution in [0.5, 0.6) is 0 Å². The maximum absolute atomic E-state index is 10.5. The molecule has 0 unspecified atom stereocenters. The molecule has 1 heterocycles. The highest BCUT2D eigenvalue weighted by Crippen LogP contribution is 2.17. The zero-order valence-electron chi connectivity index (χ0n) is 8.75. The lowest BCUT2D eigenvalue weighted by molar-refractivity contribution is -0.138. The van der Waals surface area contributed by atoms with Gasteiger partial charge in [-0.25, -0.2) is 4.68 Å². The van der Waals surface area contributed by atoms with Gasteiger partial charge >= 0.3 is 5.97 Å². The van der Waals surface area contributed by atoms with Gasteiger partial charge in [0.05, 0.1) is 0 Å². The molecule has 0 aliphatic carbocycles. The summed E-state index contributed by atoms with van der Waals surface area (Å²) < 4.78 is 1.34. The van der Waals surface area contributed by atoms with E-state index < -0.39 is 5.97 Å². The Bertz CT molecular complexity index is 328. The summed E-state index contributed by atoms with van der Waals surface area (Å²) >= 11 is 1.75. The molecule has 0 amide bonds. The number of tetrazole rings is 1. The van der Waals surface area contributed by atoms with Crippen LogP contribution in [0.1, 0.15) is 25.1 Å². The highest BCUT2D eigenvalue weighted by atomic mass is 32.2. The number of hydrogen-bond acceptors (Lipinski definition) is 5. The zero-order valence-corrected chi connectivity index (χ0v) is 9.57. The van der Waals surface area contributed by atoms with Crippen LogP contribution in [0.3, 0.4) is 0 Å². The second-order valence-electron chi connectivity index (χ2n) is 3.27. The van der Waals surface area contributed by atoms with E-state index in [2.05, 4.69) is 15.5 Å². The van der Waals surface area contributed by atoms with Gasteiger partial charge in [0.15, 0.2) is 5.82 Å². The molecule has 0 bridgehead atoms. The molecule has 0 saturated heterocycles. The fraction of sp³-hybridized carbons (Fsp3) is 0.750. The highest BCUT2D eigenvalue weighted by molar-refractivity contribution is 7.98. The molecule has 7 heteroatoms. The van der Waals surface area contributed by atoms with Gasteiger partial charge in [-0.3, -0.25) is 4.79 Å². The molecule has 0 spiro atoms. The van der Waals surface area contributed by atoms with Crippen molar-refractivity contribution >= 4 is 17.7 Å². The molecule has 0 saturated carbocycles. The van der Waals surface area contributed by atoms with Gasteiger partial charge in [-0.1, -0.05) is 6.92 Å². The summed E-state index contributed by atoms with van der Waals surface area (Å²) in [5.74, 6) is 0.917. The van der Waals surface area contributed by atoms with E-state index in [4.69, 9.17) is 5.11 Å². The van der Waals surface area contributed by atoms with E-state index in [1.54, 1.807) is 11.8 Å². The second-order valence-corrected chi connectivity index (χ2v) is 4.26. The van der Waals surface area contributed by atoms with Crippen LogP contribution >= 0.6 is 11.8 Å². The average Bonchev–Trinajstić information content (AvgIpc) is 2.61. The minimum Gasteiger partial charge on any atom is -0.480 e. The van der Waals surface area contributed by atoms with E-state index in [-0.39, 0.29) is 12.5 Å². The lowest BCUT2D eigenvalue weighted by Crippen LogP contribution is -2.15. The van der Waals surface area contributed by atoms with Crippen LogP contribution in [0.2, 0.25) is 0 Å². The first-order chi connectivity index (χ1) is 7.15. The molecule has 6 nitrogen and oxygen atoms in total. The molecule has 15 heavy (non-hydrogen) atoms. The van der Waals surface area contributed by atoms with E-state index in [9.17, 15) is 4.79 Å². The van der Waals surface area contributed by atoms with Crippen molar-refractivity contribution in [1.29, 1.82) is 0 Å². The lowest BCUT2D eigenvalue weighted by atomic mass is 10.1. The number of carboxylic acids is 1. The Morgan fingerprint density at radius 2 is 2.40 bits per heavy atom. The zero-order chi connectivity index (χ0) is 11.3. The van der Waals surface area contributed by atoms with Crippen molar-refractivity contribution in [3.8, 4) is 0 Å². The lowest BCUT2D eigenvalue weighted by Gasteiger charge is -2.08. The van der Waals surface area contributed by atoms with Gasteiger partial charge in [-0.2, -0.15) is 11.8 Å². The van der Waals surface area contributed by atoms with E-state index in [0.29, 0.717) is 5.82 Å². The summed E-state index contributed by atoms with van der Waals surface area (Å²) in [7, 11) is 0. The molecule has 0 aliphatic rings. The number of carbonyl (C=O) groups is 1. The van der Waals surface area contributed by atoms with E-state index >= 15 is 0 Å². The number of rotatable bonds is 6. The number of nitrogens with zero attached hydrogens (tertiary/aromatic N) is 4. The fourth-order valence-electron chi connectivity index (χ4n) is 1.23. The number of hydrogen-bond donors (Lipinski definition) is 1. The van der Waals surface area contributed by atoms with Gasteiger partial charge in [0.2, 0.25) is 0 Å². The predicted molar refractivity (Wildman–Crippen MR) is 56.9 cm³/mol. The Balaban J connectivity index is 2.66. The first kappa shape index (κ1) is 12.0. The highest BCUT2D eigenvalue weighted by Gasteiger charge is 2.15. The van der Waals surface area contributed by atoms with Crippen LogP contribution < -0.4 is 0 Å². The van der Waals surface area contributed by atoms with Crippen LogP contribution in [0.4, 0.5) is 0 Å². The van der Waals surface area contributed by atoms with Crippen molar-refractivity contribution in [3.63, 3.8) is 0 Å². The van der Waals surface area contributed by atoms with Crippen molar-refractivity contribution in [2.45, 2.75) is 25.8 Å². The molecule has 0 fully saturated rings. The minimum absolute atomic E-state index is 0.175. The monoisotopic (exact) mass is 230 g/mol. The summed E-state index contributed by atoms with van der Waals surface area (Å²) in [6.45, 7) is 1.83. The molecule has 1 rings (SSSR count). The van der Waals surface area contributed by atoms with Gasteiger partial charge in [-0.05, 0) is 28.9 Å². The van der Waals surface area contributed by atoms with Crippen molar-refractivity contribution in [1.82, 2.24) is 20.2 Å². The number of thioether (sulfide) groups is 1. The third-order valence-electron chi connectivity index (χ3n) is 2.04. The third kappa shape index (κ3) is 3.50. The smallest absolute Gasteiger partial charge is 0.325 e. The van der Waals surface area contributed by atoms with Gasteiger partial charge in [0, 0.05) is 5.92 Å². The molecule has 0 aromatic carbocycles. The largest absolute Gasteiger partial charge is 0.480 e. The molecule has 1 aromatic heterocycles. The molecule has 1 atom stereocenters.